The predicted octanol–water partition coefficient (Wildman–Crippen LogP) is -0.0888. The average molecular weight is 347 g/mol. The van der Waals surface area contributed by atoms with Crippen molar-refractivity contribution in [1.29, 1.82) is 0 Å². The van der Waals surface area contributed by atoms with E-state index in [0.717, 1.165) is 4.90 Å². The van der Waals surface area contributed by atoms with Crippen molar-refractivity contribution < 1.29 is 23.9 Å². The molecular formula is C17H21N3O5. The van der Waals surface area contributed by atoms with Crippen LogP contribution in [0.5, 0.6) is 0 Å². The van der Waals surface area contributed by atoms with Crippen LogP contribution in [0.2, 0.25) is 0 Å². The first-order valence-electron chi connectivity index (χ1n) is 7.49. The molecule has 2 N–H and O–H groups in total. The lowest BCUT2D eigenvalue weighted by Crippen LogP contribution is -2.39. The van der Waals surface area contributed by atoms with E-state index in [2.05, 4.69) is 10.6 Å². The highest BCUT2D eigenvalue weighted by atomic mass is 16.5. The molecule has 0 aliphatic carbocycles. The fraction of sp³-hybridized carbons (Fsp3) is 0.294. The summed E-state index contributed by atoms with van der Waals surface area (Å²) in [6, 6.07) is 8.86. The van der Waals surface area contributed by atoms with Gasteiger partial charge >= 0.3 is 5.97 Å². The van der Waals surface area contributed by atoms with Crippen LogP contribution in [0, 0.1) is 0 Å². The van der Waals surface area contributed by atoms with Crippen molar-refractivity contribution >= 4 is 29.8 Å². The van der Waals surface area contributed by atoms with Gasteiger partial charge < -0.3 is 20.3 Å². The molecule has 25 heavy (non-hydrogen) atoms. The molecule has 1 aromatic carbocycles. The zero-order valence-corrected chi connectivity index (χ0v) is 14.4. The summed E-state index contributed by atoms with van der Waals surface area (Å²) in [5, 5.41) is 4.77. The molecule has 0 fully saturated rings. The lowest BCUT2D eigenvalue weighted by atomic mass is 10.2. The first-order chi connectivity index (χ1) is 11.8. The van der Waals surface area contributed by atoms with Crippen LogP contribution in [0.4, 0.5) is 0 Å². The minimum absolute atomic E-state index is 0.0829. The Morgan fingerprint density at radius 2 is 1.80 bits per heavy atom. The summed E-state index contributed by atoms with van der Waals surface area (Å²) in [4.78, 5) is 47.6. The monoisotopic (exact) mass is 347 g/mol. The maximum atomic E-state index is 12.1. The Kier molecular flexibility index (Phi) is 7.85. The topological polar surface area (TPSA) is 105 Å². The van der Waals surface area contributed by atoms with Gasteiger partial charge in [-0.05, 0) is 11.6 Å². The first-order valence-corrected chi connectivity index (χ1v) is 7.49. The van der Waals surface area contributed by atoms with Gasteiger partial charge in [0.2, 0.25) is 11.8 Å². The van der Waals surface area contributed by atoms with Crippen LogP contribution in [0.25, 0.3) is 6.08 Å². The van der Waals surface area contributed by atoms with Crippen LogP contribution < -0.4 is 10.6 Å². The molecule has 8 nitrogen and oxygen atoms in total. The number of carbonyl (C=O) groups is 4. The number of rotatable bonds is 7. The molecule has 0 saturated carbocycles. The van der Waals surface area contributed by atoms with Gasteiger partial charge in [0.15, 0.2) is 6.61 Å². The van der Waals surface area contributed by atoms with E-state index >= 15 is 0 Å². The number of nitrogens with zero attached hydrogens (tertiary/aromatic N) is 1. The summed E-state index contributed by atoms with van der Waals surface area (Å²) >= 11 is 0. The third-order valence-corrected chi connectivity index (χ3v) is 3.05. The molecule has 0 unspecified atom stereocenters. The second-order valence-electron chi connectivity index (χ2n) is 5.15. The second-order valence-corrected chi connectivity index (χ2v) is 5.15. The van der Waals surface area contributed by atoms with Crippen LogP contribution in [0.15, 0.2) is 36.0 Å². The fourth-order valence-electron chi connectivity index (χ4n) is 1.75. The lowest BCUT2D eigenvalue weighted by Gasteiger charge is -2.16. The summed E-state index contributed by atoms with van der Waals surface area (Å²) in [6.45, 7) is 0.567. The van der Waals surface area contributed by atoms with Crippen molar-refractivity contribution in [2.75, 3.05) is 27.2 Å². The zero-order chi connectivity index (χ0) is 18.8. The largest absolute Gasteiger partial charge is 0.451 e. The lowest BCUT2D eigenvalue weighted by molar-refractivity contribution is -0.149. The van der Waals surface area contributed by atoms with Crippen LogP contribution >= 0.6 is 0 Å². The smallest absolute Gasteiger partial charge is 0.355 e. The van der Waals surface area contributed by atoms with E-state index < -0.39 is 24.4 Å². The van der Waals surface area contributed by atoms with Gasteiger partial charge in [-0.25, -0.2) is 4.79 Å². The summed E-state index contributed by atoms with van der Waals surface area (Å²) in [7, 11) is 2.87. The van der Waals surface area contributed by atoms with Crippen LogP contribution in [0.3, 0.4) is 0 Å². The Balaban J connectivity index is 2.73. The molecule has 0 aliphatic rings. The number of esters is 1. The molecule has 0 atom stereocenters. The maximum Gasteiger partial charge on any atom is 0.355 e. The highest BCUT2D eigenvalue weighted by Crippen LogP contribution is 2.06. The Morgan fingerprint density at radius 1 is 1.16 bits per heavy atom. The molecule has 0 aromatic heterocycles. The van der Waals surface area contributed by atoms with Gasteiger partial charge in [-0.1, -0.05) is 30.3 Å². The molecule has 1 aromatic rings. The number of hydrogen-bond acceptors (Lipinski definition) is 5. The highest BCUT2D eigenvalue weighted by molar-refractivity contribution is 5.98. The van der Waals surface area contributed by atoms with Crippen LogP contribution in [-0.2, 0) is 23.9 Å². The molecule has 1 rings (SSSR count). The van der Waals surface area contributed by atoms with Gasteiger partial charge in [-0.15, -0.1) is 0 Å². The number of likely N-dealkylation sites (N-methyl/N-ethyl adjacent to an activating group) is 2. The van der Waals surface area contributed by atoms with Crippen molar-refractivity contribution in [2.45, 2.75) is 6.92 Å². The van der Waals surface area contributed by atoms with Gasteiger partial charge in [0.05, 0.1) is 6.54 Å². The number of ether oxygens (including phenoxy) is 1. The molecule has 134 valence electrons. The molecule has 0 bridgehead atoms. The van der Waals surface area contributed by atoms with E-state index in [4.69, 9.17) is 4.74 Å². The Hall–Kier alpha value is -3.16. The van der Waals surface area contributed by atoms with E-state index in [1.165, 1.54) is 27.1 Å². The van der Waals surface area contributed by atoms with E-state index in [1.807, 2.05) is 6.07 Å². The van der Waals surface area contributed by atoms with E-state index in [1.54, 1.807) is 24.3 Å². The summed E-state index contributed by atoms with van der Waals surface area (Å²) < 4.78 is 4.93. The van der Waals surface area contributed by atoms with Crippen molar-refractivity contribution in [2.24, 2.45) is 0 Å². The molecule has 0 saturated heterocycles. The van der Waals surface area contributed by atoms with E-state index in [9.17, 15) is 19.2 Å². The number of hydrogen-bond donors (Lipinski definition) is 2. The van der Waals surface area contributed by atoms with Crippen molar-refractivity contribution in [1.82, 2.24) is 15.5 Å². The van der Waals surface area contributed by atoms with Crippen molar-refractivity contribution in [3.05, 3.63) is 41.6 Å². The quantitative estimate of drug-likeness (QED) is 0.530. The SMILES string of the molecule is CNC(=O)CN(C)C(=O)COC(=O)/C(=C/c1ccccc1)NC(C)=O. The van der Waals surface area contributed by atoms with E-state index in [0.29, 0.717) is 5.56 Å². The van der Waals surface area contributed by atoms with Crippen molar-refractivity contribution in [3.63, 3.8) is 0 Å². The number of amides is 3. The highest BCUT2D eigenvalue weighted by Gasteiger charge is 2.17. The third-order valence-electron chi connectivity index (χ3n) is 3.05. The second kappa shape index (κ2) is 9.86. The Morgan fingerprint density at radius 3 is 2.36 bits per heavy atom. The standard InChI is InChI=1S/C17H21N3O5/c1-12(21)19-14(9-13-7-5-4-6-8-13)17(24)25-11-16(23)20(3)10-15(22)18-2/h4-9H,10-11H2,1-3H3,(H,18,22)(H,19,21)/b14-9-. The normalized spacial score (nSPS) is 10.6. The Bertz CT molecular complexity index is 670. The maximum absolute atomic E-state index is 12.1. The molecule has 8 heteroatoms. The first kappa shape index (κ1) is 19.9. The van der Waals surface area contributed by atoms with E-state index in [-0.39, 0.29) is 18.1 Å². The number of nitrogens with one attached hydrogen (secondary N) is 2. The Labute approximate surface area is 145 Å². The molecule has 0 spiro atoms. The average Bonchev–Trinajstić information content (AvgIpc) is 2.59. The van der Waals surface area contributed by atoms with Crippen LogP contribution in [-0.4, -0.2) is 55.8 Å². The number of benzene rings is 1. The van der Waals surface area contributed by atoms with Gasteiger partial charge in [0.25, 0.3) is 5.91 Å². The van der Waals surface area contributed by atoms with Gasteiger partial charge in [-0.3, -0.25) is 14.4 Å². The molecule has 0 radical (unpaired) electrons. The summed E-state index contributed by atoms with van der Waals surface area (Å²) in [6.07, 6.45) is 1.45. The summed E-state index contributed by atoms with van der Waals surface area (Å²) in [5.74, 6) is -2.17. The third kappa shape index (κ3) is 7.30. The minimum Gasteiger partial charge on any atom is -0.451 e. The summed E-state index contributed by atoms with van der Waals surface area (Å²) in [5.41, 5.74) is 0.603. The van der Waals surface area contributed by atoms with Gasteiger partial charge in [-0.2, -0.15) is 0 Å². The number of carbonyl (C=O) groups excluding carboxylic acids is 4. The molecule has 0 aliphatic heterocycles. The van der Waals surface area contributed by atoms with Crippen LogP contribution in [0.1, 0.15) is 12.5 Å². The predicted molar refractivity (Wildman–Crippen MR) is 90.9 cm³/mol. The fourth-order valence-corrected chi connectivity index (χ4v) is 1.75. The molecule has 0 heterocycles. The molecule has 3 amide bonds. The molecular weight excluding hydrogens is 326 g/mol. The van der Waals surface area contributed by atoms with Crippen molar-refractivity contribution in [3.8, 4) is 0 Å². The minimum atomic E-state index is -0.847. The van der Waals surface area contributed by atoms with Gasteiger partial charge in [0.1, 0.15) is 5.70 Å². The zero-order valence-electron chi connectivity index (χ0n) is 14.4. The van der Waals surface area contributed by atoms with Gasteiger partial charge in [0, 0.05) is 21.0 Å².